The van der Waals surface area contributed by atoms with Crippen molar-refractivity contribution in [3.63, 3.8) is 0 Å². The molecule has 11 nitrogen and oxygen atoms in total. The maximum Gasteiger partial charge on any atom is 0.258 e. The number of rotatable bonds is 10. The Labute approximate surface area is 236 Å². The first kappa shape index (κ1) is 27.7. The summed E-state index contributed by atoms with van der Waals surface area (Å²) in [6.45, 7) is 1.51. The van der Waals surface area contributed by atoms with Gasteiger partial charge in [0.15, 0.2) is 11.0 Å². The van der Waals surface area contributed by atoms with E-state index in [0.717, 1.165) is 15.8 Å². The van der Waals surface area contributed by atoms with Gasteiger partial charge in [0, 0.05) is 19.6 Å². The molecule has 0 radical (unpaired) electrons. The number of nitrogens with zero attached hydrogens (tertiary/aromatic N) is 3. The van der Waals surface area contributed by atoms with Crippen molar-refractivity contribution >= 4 is 45.1 Å². The van der Waals surface area contributed by atoms with Crippen LogP contribution >= 0.6 is 11.3 Å². The van der Waals surface area contributed by atoms with E-state index in [0.29, 0.717) is 56.7 Å². The quantitative estimate of drug-likeness (QED) is 0.107. The van der Waals surface area contributed by atoms with Crippen LogP contribution < -0.4 is 22.1 Å². The van der Waals surface area contributed by atoms with Gasteiger partial charge in [0.1, 0.15) is 11.6 Å². The van der Waals surface area contributed by atoms with Gasteiger partial charge >= 0.3 is 0 Å². The van der Waals surface area contributed by atoms with Gasteiger partial charge in [-0.1, -0.05) is 42.5 Å². The Morgan fingerprint density at radius 2 is 1.90 bits per heavy atom. The summed E-state index contributed by atoms with van der Waals surface area (Å²) in [5, 5.41) is 16.7. The molecule has 0 unspecified atom stereocenters. The minimum absolute atomic E-state index is 0.159. The van der Waals surface area contributed by atoms with Crippen LogP contribution in [0, 0.1) is 5.41 Å². The fraction of sp³-hybridized carbons (Fsp3) is 0.393. The molecule has 3 aromatic rings. The van der Waals surface area contributed by atoms with Crippen LogP contribution in [-0.4, -0.2) is 75.8 Å². The van der Waals surface area contributed by atoms with Crippen LogP contribution in [0.3, 0.4) is 0 Å². The Morgan fingerprint density at radius 1 is 1.15 bits per heavy atom. The molecule has 40 heavy (non-hydrogen) atoms. The van der Waals surface area contributed by atoms with Crippen LogP contribution in [0.5, 0.6) is 0 Å². The monoisotopic (exact) mass is 562 g/mol. The standard InChI is InChI=1S/C28H34N8O3S/c29-27(30)32-14-6-10-20(23(37)25-34-19-9-4-5-11-22(19)40-25)33-24(38)21-12-15-35-16-13-28(31,26(39)36(21)35)17-18-7-2-1-3-8-18/h1-5,7-9,11,20-21H,6,10,12-17,31H2,(H,33,38)(H4,29,30,32)/t20-,21-,28+/m0/s1. The highest BCUT2D eigenvalue weighted by molar-refractivity contribution is 7.20. The average Bonchev–Trinajstić information content (AvgIpc) is 3.57. The van der Waals surface area contributed by atoms with Crippen LogP contribution in [0.1, 0.15) is 41.0 Å². The number of fused-ring (bicyclic) bond motifs is 2. The predicted octanol–water partition coefficient (Wildman–Crippen LogP) is 1.39. The van der Waals surface area contributed by atoms with E-state index in [4.69, 9.17) is 16.9 Å². The molecular formula is C28H34N8O3S. The van der Waals surface area contributed by atoms with Crippen molar-refractivity contribution in [2.45, 2.75) is 49.7 Å². The number of carbonyl (C=O) groups excluding carboxylic acids is 3. The average molecular weight is 563 g/mol. The zero-order valence-electron chi connectivity index (χ0n) is 22.1. The zero-order valence-corrected chi connectivity index (χ0v) is 23.0. The third-order valence-corrected chi connectivity index (χ3v) is 8.55. The van der Waals surface area contributed by atoms with Gasteiger partial charge in [0.25, 0.3) is 5.91 Å². The minimum Gasteiger partial charge on any atom is -0.370 e. The van der Waals surface area contributed by atoms with Crippen molar-refractivity contribution in [3.8, 4) is 0 Å². The zero-order chi connectivity index (χ0) is 28.3. The number of hydrazine groups is 1. The molecule has 0 bridgehead atoms. The van der Waals surface area contributed by atoms with Crippen molar-refractivity contribution in [1.29, 1.82) is 5.41 Å². The van der Waals surface area contributed by atoms with Crippen LogP contribution in [0.2, 0.25) is 0 Å². The first-order valence-electron chi connectivity index (χ1n) is 13.4. The van der Waals surface area contributed by atoms with Gasteiger partial charge in [-0.05, 0) is 49.8 Å². The van der Waals surface area contributed by atoms with E-state index < -0.39 is 23.5 Å². The molecule has 0 spiro atoms. The number of carbonyl (C=O) groups is 3. The van der Waals surface area contributed by atoms with Gasteiger partial charge in [-0.3, -0.25) is 24.8 Å². The summed E-state index contributed by atoms with van der Waals surface area (Å²) in [7, 11) is 0. The molecule has 2 aliphatic rings. The summed E-state index contributed by atoms with van der Waals surface area (Å²) >= 11 is 1.29. The van der Waals surface area contributed by atoms with Crippen LogP contribution in [-0.2, 0) is 16.0 Å². The Hall–Kier alpha value is -3.87. The molecule has 0 saturated carbocycles. The molecule has 210 valence electrons. The number of ketones is 1. The number of guanidine groups is 1. The first-order valence-corrected chi connectivity index (χ1v) is 14.3. The van der Waals surface area contributed by atoms with E-state index in [1.54, 1.807) is 0 Å². The maximum absolute atomic E-state index is 13.7. The van der Waals surface area contributed by atoms with Crippen LogP contribution in [0.25, 0.3) is 10.2 Å². The number of para-hydroxylation sites is 1. The summed E-state index contributed by atoms with van der Waals surface area (Å²) in [5.41, 5.74) is 12.6. The number of hydrogen-bond donors (Lipinski definition) is 5. The summed E-state index contributed by atoms with van der Waals surface area (Å²) in [5.74, 6) is -1.11. The highest BCUT2D eigenvalue weighted by atomic mass is 32.1. The molecule has 2 fully saturated rings. The third kappa shape index (κ3) is 5.83. The van der Waals surface area contributed by atoms with Crippen LogP contribution in [0.15, 0.2) is 54.6 Å². The second-order valence-electron chi connectivity index (χ2n) is 10.4. The van der Waals surface area contributed by atoms with E-state index in [1.807, 2.05) is 59.6 Å². The summed E-state index contributed by atoms with van der Waals surface area (Å²) in [6.07, 6.45) is 2.14. The van der Waals surface area contributed by atoms with Crippen molar-refractivity contribution in [3.05, 3.63) is 65.2 Å². The Morgan fingerprint density at radius 3 is 2.65 bits per heavy atom. The molecule has 5 rings (SSSR count). The number of nitrogens with two attached hydrogens (primary N) is 2. The second kappa shape index (κ2) is 11.7. The molecule has 2 amide bonds. The van der Waals surface area contributed by atoms with Gasteiger partial charge in [-0.2, -0.15) is 0 Å². The second-order valence-corrected chi connectivity index (χ2v) is 11.4. The number of thiazole rings is 1. The fourth-order valence-electron chi connectivity index (χ4n) is 5.41. The molecule has 0 aliphatic carbocycles. The molecule has 2 aromatic carbocycles. The van der Waals surface area contributed by atoms with Gasteiger partial charge in [-0.15, -0.1) is 11.3 Å². The van der Waals surface area contributed by atoms with Crippen molar-refractivity contribution in [1.82, 2.24) is 25.6 Å². The lowest BCUT2D eigenvalue weighted by atomic mass is 9.85. The van der Waals surface area contributed by atoms with Gasteiger partial charge in [0.2, 0.25) is 11.7 Å². The molecule has 3 atom stereocenters. The summed E-state index contributed by atoms with van der Waals surface area (Å²) in [6, 6.07) is 15.5. The number of amides is 2. The Kier molecular flexibility index (Phi) is 8.10. The Balaban J connectivity index is 1.32. The molecule has 12 heteroatoms. The molecule has 1 aromatic heterocycles. The lowest BCUT2D eigenvalue weighted by molar-refractivity contribution is -0.165. The SMILES string of the molecule is N=C(N)NCCC[C@H](NC(=O)[C@@H]1CCN2CC[C@@](N)(Cc3ccccc3)C(=O)N12)C(=O)c1nc2ccccc2s1. The fourth-order valence-corrected chi connectivity index (χ4v) is 6.37. The van der Waals surface area contributed by atoms with E-state index in [9.17, 15) is 14.4 Å². The van der Waals surface area contributed by atoms with Crippen LogP contribution in [0.4, 0.5) is 0 Å². The van der Waals surface area contributed by atoms with E-state index in [1.165, 1.54) is 16.3 Å². The molecular weight excluding hydrogens is 528 g/mol. The molecule has 7 N–H and O–H groups in total. The third-order valence-electron chi connectivity index (χ3n) is 7.50. The summed E-state index contributed by atoms with van der Waals surface area (Å²) < 4.78 is 0.886. The van der Waals surface area contributed by atoms with Gasteiger partial charge in [0.05, 0.1) is 16.3 Å². The smallest absolute Gasteiger partial charge is 0.258 e. The van der Waals surface area contributed by atoms with Gasteiger partial charge in [-0.25, -0.2) is 9.99 Å². The number of hydrogen-bond acceptors (Lipinski definition) is 8. The van der Waals surface area contributed by atoms with E-state index >= 15 is 0 Å². The largest absolute Gasteiger partial charge is 0.370 e. The molecule has 3 heterocycles. The number of nitrogens with one attached hydrogen (secondary N) is 3. The molecule has 2 aliphatic heterocycles. The van der Waals surface area contributed by atoms with E-state index in [2.05, 4.69) is 15.6 Å². The van der Waals surface area contributed by atoms with Crippen molar-refractivity contribution < 1.29 is 14.4 Å². The van der Waals surface area contributed by atoms with Gasteiger partial charge < -0.3 is 22.1 Å². The first-order chi connectivity index (χ1) is 19.2. The predicted molar refractivity (Wildman–Crippen MR) is 154 cm³/mol. The lowest BCUT2D eigenvalue weighted by Crippen LogP contribution is -2.67. The molecule has 2 saturated heterocycles. The highest BCUT2D eigenvalue weighted by Crippen LogP contribution is 2.31. The van der Waals surface area contributed by atoms with E-state index in [-0.39, 0.29) is 17.6 Å². The highest BCUT2D eigenvalue weighted by Gasteiger charge is 2.51. The number of aromatic nitrogens is 1. The summed E-state index contributed by atoms with van der Waals surface area (Å²) in [4.78, 5) is 45.5. The maximum atomic E-state index is 13.7. The topological polar surface area (TPSA) is 171 Å². The van der Waals surface area contributed by atoms with Crippen molar-refractivity contribution in [2.75, 3.05) is 19.6 Å². The minimum atomic E-state index is -1.12. The normalized spacial score (nSPS) is 21.7. The van der Waals surface area contributed by atoms with Crippen molar-refractivity contribution in [2.24, 2.45) is 11.5 Å². The Bertz CT molecular complexity index is 1380. The number of benzene rings is 2. The lowest BCUT2D eigenvalue weighted by Gasteiger charge is -2.44. The number of Topliss-reactive ketones (excluding diaryl/α,β-unsaturated/α-hetero) is 1.